The van der Waals surface area contributed by atoms with E-state index in [4.69, 9.17) is 4.74 Å². The number of alkyl halides is 6. The highest BCUT2D eigenvalue weighted by atomic mass is 19.4. The highest BCUT2D eigenvalue weighted by Crippen LogP contribution is 2.37. The molecule has 1 heterocycles. The number of amides is 1. The zero-order valence-electron chi connectivity index (χ0n) is 24.2. The molecular weight excluding hydrogens is 570 g/mol. The van der Waals surface area contributed by atoms with Gasteiger partial charge in [-0.2, -0.15) is 26.3 Å². The van der Waals surface area contributed by atoms with Crippen molar-refractivity contribution < 1.29 is 35.9 Å². The summed E-state index contributed by atoms with van der Waals surface area (Å²) in [7, 11) is 3.76. The van der Waals surface area contributed by atoms with Crippen molar-refractivity contribution in [3.05, 3.63) is 107 Å². The third-order valence-corrected chi connectivity index (χ3v) is 7.99. The largest absolute Gasteiger partial charge is 0.416 e. The molecule has 1 unspecified atom stereocenters. The van der Waals surface area contributed by atoms with Crippen molar-refractivity contribution in [2.24, 2.45) is 11.8 Å². The monoisotopic (exact) mass is 606 g/mol. The molecule has 1 aliphatic heterocycles. The number of carbonyl (C=O) groups excluding carboxylic acids is 1. The molecule has 0 N–H and O–H groups in total. The molecule has 232 valence electrons. The average molecular weight is 607 g/mol. The molecule has 4 nitrogen and oxygen atoms in total. The number of piperidine rings is 1. The van der Waals surface area contributed by atoms with Gasteiger partial charge in [0.15, 0.2) is 0 Å². The van der Waals surface area contributed by atoms with Crippen molar-refractivity contribution in [3.63, 3.8) is 0 Å². The van der Waals surface area contributed by atoms with Gasteiger partial charge in [-0.15, -0.1) is 0 Å². The van der Waals surface area contributed by atoms with Crippen LogP contribution in [0.25, 0.3) is 0 Å². The number of benzene rings is 3. The van der Waals surface area contributed by atoms with E-state index in [9.17, 15) is 31.1 Å². The molecule has 0 radical (unpaired) electrons. The van der Waals surface area contributed by atoms with Crippen LogP contribution in [0.2, 0.25) is 0 Å². The van der Waals surface area contributed by atoms with E-state index >= 15 is 0 Å². The fraction of sp³-hybridized carbons (Fsp3) is 0.424. The summed E-state index contributed by atoms with van der Waals surface area (Å²) in [6.45, 7) is 1.48. The van der Waals surface area contributed by atoms with Crippen molar-refractivity contribution in [2.75, 3.05) is 40.3 Å². The highest BCUT2D eigenvalue weighted by molar-refractivity contribution is 5.78. The van der Waals surface area contributed by atoms with Crippen LogP contribution in [-0.2, 0) is 28.5 Å². The zero-order valence-corrected chi connectivity index (χ0v) is 24.2. The molecular formula is C33H36F6N2O2. The summed E-state index contributed by atoms with van der Waals surface area (Å²) >= 11 is 0. The number of hydrogen-bond donors (Lipinski definition) is 0. The maximum atomic E-state index is 13.4. The van der Waals surface area contributed by atoms with E-state index in [1.54, 1.807) is 11.9 Å². The fourth-order valence-electron chi connectivity index (χ4n) is 5.75. The molecule has 1 saturated heterocycles. The quantitative estimate of drug-likeness (QED) is 0.224. The predicted octanol–water partition coefficient (Wildman–Crippen LogP) is 7.49. The maximum absolute atomic E-state index is 13.4. The van der Waals surface area contributed by atoms with Gasteiger partial charge in [0.1, 0.15) is 0 Å². The van der Waals surface area contributed by atoms with Gasteiger partial charge in [0.25, 0.3) is 0 Å². The van der Waals surface area contributed by atoms with E-state index in [0.717, 1.165) is 37.1 Å². The second-order valence-corrected chi connectivity index (χ2v) is 11.3. The van der Waals surface area contributed by atoms with Crippen molar-refractivity contribution in [1.29, 1.82) is 0 Å². The Balaban J connectivity index is 1.61. The first-order valence-corrected chi connectivity index (χ1v) is 14.2. The third-order valence-electron chi connectivity index (χ3n) is 7.99. The number of halogens is 6. The van der Waals surface area contributed by atoms with Gasteiger partial charge < -0.3 is 14.5 Å². The standard InChI is InChI=1S/C33H36F6N2O2/c1-40-15-13-26(14-16-40)31(42)41(2)20-27(30(24-9-5-3-6-10-24)25-11-7-4-8-12-25)22-43-21-23-17-28(32(34,35)36)19-29(18-23)33(37,38)39/h3-12,17-19,26-27,30H,13-16,20-22H2,1-2H3. The third kappa shape index (κ3) is 8.83. The Morgan fingerprint density at radius 2 is 1.35 bits per heavy atom. The number of nitrogens with zero attached hydrogens (tertiary/aromatic N) is 2. The van der Waals surface area contributed by atoms with Crippen LogP contribution in [0.15, 0.2) is 78.9 Å². The van der Waals surface area contributed by atoms with Gasteiger partial charge >= 0.3 is 12.4 Å². The fourth-order valence-corrected chi connectivity index (χ4v) is 5.75. The minimum atomic E-state index is -4.94. The smallest absolute Gasteiger partial charge is 0.376 e. The number of carbonyl (C=O) groups is 1. The minimum Gasteiger partial charge on any atom is -0.376 e. The van der Waals surface area contributed by atoms with Crippen LogP contribution in [0.5, 0.6) is 0 Å². The minimum absolute atomic E-state index is 0.00290. The Hall–Kier alpha value is -3.37. The van der Waals surface area contributed by atoms with Crippen LogP contribution in [0.3, 0.4) is 0 Å². The van der Waals surface area contributed by atoms with Gasteiger partial charge in [-0.25, -0.2) is 0 Å². The summed E-state index contributed by atoms with van der Waals surface area (Å²) in [5.74, 6) is -0.688. The molecule has 1 aliphatic rings. The summed E-state index contributed by atoms with van der Waals surface area (Å²) < 4.78 is 86.4. The van der Waals surface area contributed by atoms with Crippen molar-refractivity contribution in [2.45, 2.75) is 37.7 Å². The Kier molecular flexibility index (Phi) is 10.6. The molecule has 0 aliphatic carbocycles. The van der Waals surface area contributed by atoms with E-state index in [-0.39, 0.29) is 48.4 Å². The van der Waals surface area contributed by atoms with Gasteiger partial charge in [0.05, 0.1) is 24.3 Å². The van der Waals surface area contributed by atoms with Crippen molar-refractivity contribution in [1.82, 2.24) is 9.80 Å². The Morgan fingerprint density at radius 3 is 1.81 bits per heavy atom. The summed E-state index contributed by atoms with van der Waals surface area (Å²) in [4.78, 5) is 17.3. The number of rotatable bonds is 10. The van der Waals surface area contributed by atoms with Gasteiger partial charge in [-0.3, -0.25) is 4.79 Å². The Labute approximate surface area is 248 Å². The van der Waals surface area contributed by atoms with Crippen LogP contribution >= 0.6 is 0 Å². The second kappa shape index (κ2) is 13.9. The van der Waals surface area contributed by atoms with E-state index < -0.39 is 30.1 Å². The van der Waals surface area contributed by atoms with E-state index in [1.165, 1.54) is 0 Å². The molecule has 1 fully saturated rings. The normalized spacial score (nSPS) is 15.9. The summed E-state index contributed by atoms with van der Waals surface area (Å²) in [5, 5.41) is 0. The van der Waals surface area contributed by atoms with Crippen LogP contribution in [-0.4, -0.2) is 56.0 Å². The molecule has 10 heteroatoms. The van der Waals surface area contributed by atoms with Crippen molar-refractivity contribution in [3.8, 4) is 0 Å². The Bertz CT molecular complexity index is 1250. The zero-order chi connectivity index (χ0) is 31.2. The number of likely N-dealkylation sites (tertiary alicyclic amines) is 1. The molecule has 1 atom stereocenters. The molecule has 1 amide bonds. The molecule has 3 aromatic rings. The maximum Gasteiger partial charge on any atom is 0.416 e. The van der Waals surface area contributed by atoms with Crippen LogP contribution in [0.1, 0.15) is 46.6 Å². The molecule has 0 aromatic heterocycles. The highest BCUT2D eigenvalue weighted by Gasteiger charge is 2.37. The lowest BCUT2D eigenvalue weighted by Crippen LogP contribution is -2.43. The molecule has 3 aromatic carbocycles. The van der Waals surface area contributed by atoms with Gasteiger partial charge in [0.2, 0.25) is 5.91 Å². The molecule has 43 heavy (non-hydrogen) atoms. The lowest BCUT2D eigenvalue weighted by Gasteiger charge is -2.35. The number of ether oxygens (including phenoxy) is 1. The molecule has 0 bridgehead atoms. The van der Waals surface area contributed by atoms with Crippen LogP contribution in [0.4, 0.5) is 26.3 Å². The first kappa shape index (κ1) is 32.5. The van der Waals surface area contributed by atoms with E-state index in [2.05, 4.69) is 4.90 Å². The van der Waals surface area contributed by atoms with Crippen molar-refractivity contribution >= 4 is 5.91 Å². The van der Waals surface area contributed by atoms with E-state index in [0.29, 0.717) is 12.1 Å². The molecule has 4 rings (SSSR count). The van der Waals surface area contributed by atoms with Crippen LogP contribution < -0.4 is 0 Å². The lowest BCUT2D eigenvalue weighted by atomic mass is 9.80. The lowest BCUT2D eigenvalue weighted by molar-refractivity contribution is -0.143. The SMILES string of the molecule is CN1CCC(C(=O)N(C)CC(COCc2cc(C(F)(F)F)cc(C(F)(F)F)c2)C(c2ccccc2)c2ccccc2)CC1. The van der Waals surface area contributed by atoms with Gasteiger partial charge in [-0.05, 0) is 67.9 Å². The summed E-state index contributed by atoms with van der Waals surface area (Å²) in [5.41, 5.74) is -1.07. The summed E-state index contributed by atoms with van der Waals surface area (Å²) in [6, 6.07) is 20.7. The first-order valence-electron chi connectivity index (χ1n) is 14.2. The second-order valence-electron chi connectivity index (χ2n) is 11.3. The topological polar surface area (TPSA) is 32.8 Å². The van der Waals surface area contributed by atoms with Crippen LogP contribution in [0, 0.1) is 11.8 Å². The van der Waals surface area contributed by atoms with Gasteiger partial charge in [-0.1, -0.05) is 60.7 Å². The van der Waals surface area contributed by atoms with Gasteiger partial charge in [0, 0.05) is 31.3 Å². The molecule has 0 saturated carbocycles. The Morgan fingerprint density at radius 1 is 0.860 bits per heavy atom. The first-order chi connectivity index (χ1) is 20.3. The average Bonchev–Trinajstić information content (AvgIpc) is 2.97. The van der Waals surface area contributed by atoms with E-state index in [1.807, 2.05) is 67.7 Å². The predicted molar refractivity (Wildman–Crippen MR) is 152 cm³/mol. The summed E-state index contributed by atoms with van der Waals surface area (Å²) in [6.07, 6.45) is -8.39. The molecule has 0 spiro atoms. The number of hydrogen-bond acceptors (Lipinski definition) is 3.